The molecular formula is C10H13FN2. The molecule has 13 heavy (non-hydrogen) atoms. The monoisotopic (exact) mass is 180 g/mol. The third kappa shape index (κ3) is 1.50. The minimum absolute atomic E-state index is 0.647. The number of rotatable bonds is 1. The molecule has 1 aliphatic heterocycles. The Morgan fingerprint density at radius 2 is 2.46 bits per heavy atom. The second-order valence-corrected chi connectivity index (χ2v) is 3.38. The maximum absolute atomic E-state index is 13.4. The van der Waals surface area contributed by atoms with E-state index in [9.17, 15) is 4.39 Å². The molecule has 2 nitrogen and oxygen atoms in total. The van der Waals surface area contributed by atoms with Gasteiger partial charge >= 0.3 is 0 Å². The molecule has 0 aliphatic carbocycles. The van der Waals surface area contributed by atoms with Crippen molar-refractivity contribution < 1.29 is 4.39 Å². The molecule has 0 N–H and O–H groups in total. The number of alkyl halides is 1. The molecule has 1 saturated heterocycles. The molecule has 0 amide bonds. The Labute approximate surface area is 77.4 Å². The quantitative estimate of drug-likeness (QED) is 0.616. The normalized spacial score (nSPS) is 22.3. The third-order valence-corrected chi connectivity index (χ3v) is 2.47. The van der Waals surface area contributed by atoms with E-state index in [1.807, 2.05) is 19.1 Å². The zero-order chi connectivity index (χ0) is 9.26. The highest BCUT2D eigenvalue weighted by molar-refractivity contribution is 5.50. The number of nitrogens with zero attached hydrogens (tertiary/aromatic N) is 2. The van der Waals surface area contributed by atoms with Gasteiger partial charge in [0.1, 0.15) is 0 Å². The van der Waals surface area contributed by atoms with E-state index in [2.05, 4.69) is 4.98 Å². The van der Waals surface area contributed by atoms with E-state index in [4.69, 9.17) is 0 Å². The van der Waals surface area contributed by atoms with Crippen molar-refractivity contribution in [3.63, 3.8) is 0 Å². The van der Waals surface area contributed by atoms with E-state index in [-0.39, 0.29) is 0 Å². The average Bonchev–Trinajstić information content (AvgIpc) is 2.52. The SMILES string of the molecule is Cc1ncccc1N1CCCC1F. The lowest BCUT2D eigenvalue weighted by molar-refractivity contribution is 0.345. The van der Waals surface area contributed by atoms with Crippen LogP contribution >= 0.6 is 0 Å². The summed E-state index contributed by atoms with van der Waals surface area (Å²) < 4.78 is 13.4. The summed E-state index contributed by atoms with van der Waals surface area (Å²) in [5.74, 6) is 0. The third-order valence-electron chi connectivity index (χ3n) is 2.47. The van der Waals surface area contributed by atoms with E-state index >= 15 is 0 Å². The number of halogens is 1. The minimum Gasteiger partial charge on any atom is -0.340 e. The van der Waals surface area contributed by atoms with Gasteiger partial charge in [-0.05, 0) is 31.9 Å². The van der Waals surface area contributed by atoms with Crippen molar-refractivity contribution in [1.82, 2.24) is 4.98 Å². The number of hydrogen-bond acceptors (Lipinski definition) is 2. The molecule has 1 aliphatic rings. The topological polar surface area (TPSA) is 16.1 Å². The van der Waals surface area contributed by atoms with Crippen LogP contribution in [0.4, 0.5) is 10.1 Å². The molecular weight excluding hydrogens is 167 g/mol. The second-order valence-electron chi connectivity index (χ2n) is 3.38. The summed E-state index contributed by atoms with van der Waals surface area (Å²) in [5, 5.41) is 0. The van der Waals surface area contributed by atoms with Gasteiger partial charge in [-0.3, -0.25) is 4.98 Å². The van der Waals surface area contributed by atoms with Crippen LogP contribution in [0.5, 0.6) is 0 Å². The first-order valence-corrected chi connectivity index (χ1v) is 4.61. The zero-order valence-electron chi connectivity index (χ0n) is 7.70. The maximum Gasteiger partial charge on any atom is 0.172 e. The molecule has 1 aromatic rings. The van der Waals surface area contributed by atoms with Gasteiger partial charge in [0, 0.05) is 12.7 Å². The zero-order valence-corrected chi connectivity index (χ0v) is 7.70. The fourth-order valence-corrected chi connectivity index (χ4v) is 1.78. The van der Waals surface area contributed by atoms with Crippen LogP contribution in [0.2, 0.25) is 0 Å². The van der Waals surface area contributed by atoms with Crippen LogP contribution in [0.3, 0.4) is 0 Å². The largest absolute Gasteiger partial charge is 0.340 e. The molecule has 1 aromatic heterocycles. The summed E-state index contributed by atoms with van der Waals surface area (Å²) in [5.41, 5.74) is 1.85. The summed E-state index contributed by atoms with van der Waals surface area (Å²) in [7, 11) is 0. The van der Waals surface area contributed by atoms with Crippen molar-refractivity contribution in [1.29, 1.82) is 0 Å². The first kappa shape index (κ1) is 8.48. The molecule has 0 bridgehead atoms. The van der Waals surface area contributed by atoms with Gasteiger partial charge in [-0.25, -0.2) is 4.39 Å². The standard InChI is InChI=1S/C10H13FN2/c1-8-9(4-2-6-12-8)13-7-3-5-10(13)11/h2,4,6,10H,3,5,7H2,1H3. The van der Waals surface area contributed by atoms with Crippen LogP contribution in [0, 0.1) is 6.92 Å². The highest BCUT2D eigenvalue weighted by atomic mass is 19.1. The summed E-state index contributed by atoms with van der Waals surface area (Å²) in [4.78, 5) is 5.94. The molecule has 0 saturated carbocycles. The number of hydrogen-bond donors (Lipinski definition) is 0. The van der Waals surface area contributed by atoms with Crippen LogP contribution in [0.25, 0.3) is 0 Å². The predicted octanol–water partition coefficient (Wildman–Crippen LogP) is 2.29. The van der Waals surface area contributed by atoms with Crippen molar-refractivity contribution >= 4 is 5.69 Å². The smallest absolute Gasteiger partial charge is 0.172 e. The van der Waals surface area contributed by atoms with E-state index in [0.29, 0.717) is 6.42 Å². The molecule has 1 fully saturated rings. The lowest BCUT2D eigenvalue weighted by atomic mass is 10.3. The Morgan fingerprint density at radius 1 is 1.62 bits per heavy atom. The fourth-order valence-electron chi connectivity index (χ4n) is 1.78. The average molecular weight is 180 g/mol. The molecule has 1 unspecified atom stereocenters. The molecule has 2 heterocycles. The first-order valence-electron chi connectivity index (χ1n) is 4.61. The van der Waals surface area contributed by atoms with E-state index in [1.54, 1.807) is 11.1 Å². The predicted molar refractivity (Wildman–Crippen MR) is 50.5 cm³/mol. The molecule has 1 atom stereocenters. The van der Waals surface area contributed by atoms with Crippen LogP contribution in [0.1, 0.15) is 18.5 Å². The molecule has 2 rings (SSSR count). The molecule has 0 aromatic carbocycles. The molecule has 3 heteroatoms. The number of pyridine rings is 1. The van der Waals surface area contributed by atoms with E-state index < -0.39 is 6.30 Å². The summed E-state index contributed by atoms with van der Waals surface area (Å²) in [6.07, 6.45) is 2.51. The van der Waals surface area contributed by atoms with Gasteiger partial charge in [0.05, 0.1) is 11.4 Å². The van der Waals surface area contributed by atoms with Crippen molar-refractivity contribution in [3.05, 3.63) is 24.0 Å². The number of aromatic nitrogens is 1. The number of aryl methyl sites for hydroxylation is 1. The highest BCUT2D eigenvalue weighted by Gasteiger charge is 2.24. The van der Waals surface area contributed by atoms with Crippen molar-refractivity contribution in [3.8, 4) is 0 Å². The van der Waals surface area contributed by atoms with Gasteiger partial charge < -0.3 is 4.90 Å². The van der Waals surface area contributed by atoms with Gasteiger partial charge in [-0.2, -0.15) is 0 Å². The Bertz CT molecular complexity index is 301. The van der Waals surface area contributed by atoms with E-state index in [1.165, 1.54) is 0 Å². The lowest BCUT2D eigenvalue weighted by Gasteiger charge is -2.21. The number of anilines is 1. The van der Waals surface area contributed by atoms with Gasteiger partial charge in [0.25, 0.3) is 0 Å². The summed E-state index contributed by atoms with van der Waals surface area (Å²) in [6, 6.07) is 3.79. The Kier molecular flexibility index (Phi) is 2.17. The highest BCUT2D eigenvalue weighted by Crippen LogP contribution is 2.27. The van der Waals surface area contributed by atoms with Gasteiger partial charge in [-0.15, -0.1) is 0 Å². The Hall–Kier alpha value is -1.12. The maximum atomic E-state index is 13.4. The van der Waals surface area contributed by atoms with Gasteiger partial charge in [0.15, 0.2) is 6.30 Å². The van der Waals surface area contributed by atoms with Crippen LogP contribution < -0.4 is 4.90 Å². The van der Waals surface area contributed by atoms with Crippen LogP contribution in [-0.4, -0.2) is 17.8 Å². The lowest BCUT2D eigenvalue weighted by Crippen LogP contribution is -2.26. The van der Waals surface area contributed by atoms with E-state index in [0.717, 1.165) is 24.3 Å². The van der Waals surface area contributed by atoms with Crippen molar-refractivity contribution in [2.45, 2.75) is 26.1 Å². The minimum atomic E-state index is -0.817. The van der Waals surface area contributed by atoms with Crippen molar-refractivity contribution in [2.75, 3.05) is 11.4 Å². The summed E-state index contributed by atoms with van der Waals surface area (Å²) >= 11 is 0. The summed E-state index contributed by atoms with van der Waals surface area (Å²) in [6.45, 7) is 2.73. The Morgan fingerprint density at radius 3 is 3.08 bits per heavy atom. The van der Waals surface area contributed by atoms with Gasteiger partial charge in [0.2, 0.25) is 0 Å². The van der Waals surface area contributed by atoms with Crippen molar-refractivity contribution in [2.24, 2.45) is 0 Å². The Balaban J connectivity index is 2.29. The van der Waals surface area contributed by atoms with Gasteiger partial charge in [-0.1, -0.05) is 0 Å². The fraction of sp³-hybridized carbons (Fsp3) is 0.500. The molecule has 0 radical (unpaired) electrons. The first-order chi connectivity index (χ1) is 6.29. The van der Waals surface area contributed by atoms with Crippen LogP contribution in [0.15, 0.2) is 18.3 Å². The van der Waals surface area contributed by atoms with Crippen LogP contribution in [-0.2, 0) is 0 Å². The molecule has 0 spiro atoms. The second kappa shape index (κ2) is 3.32. The molecule has 70 valence electrons.